The predicted octanol–water partition coefficient (Wildman–Crippen LogP) is 3.21. The van der Waals surface area contributed by atoms with Gasteiger partial charge >= 0.3 is 0 Å². The average Bonchev–Trinajstić information content (AvgIpc) is 2.48. The van der Waals surface area contributed by atoms with Gasteiger partial charge in [-0.1, -0.05) is 19.1 Å². The van der Waals surface area contributed by atoms with Crippen LogP contribution in [-0.2, 0) is 6.54 Å². The molecule has 0 radical (unpaired) electrons. The number of rotatable bonds is 6. The third-order valence-electron chi connectivity index (χ3n) is 2.95. The first-order valence-electron chi connectivity index (χ1n) is 6.82. The second kappa shape index (κ2) is 6.97. The van der Waals surface area contributed by atoms with Crippen LogP contribution in [0.4, 0.5) is 20.5 Å². The van der Waals surface area contributed by atoms with Gasteiger partial charge in [0.25, 0.3) is 0 Å². The van der Waals surface area contributed by atoms with E-state index in [1.807, 2.05) is 6.92 Å². The van der Waals surface area contributed by atoms with Crippen molar-refractivity contribution in [1.82, 2.24) is 9.97 Å². The SMILES string of the molecule is CCCNc1ncc(F)c(N(C)Cc2ccc(F)cc2)n1. The standard InChI is InChI=1S/C15H18F2N4/c1-3-8-18-15-19-9-13(17)14(20-15)21(2)10-11-4-6-12(16)7-5-11/h4-7,9H,3,8,10H2,1-2H3,(H,18,19,20). The Morgan fingerprint density at radius 3 is 2.57 bits per heavy atom. The molecule has 0 unspecified atom stereocenters. The molecule has 0 spiro atoms. The number of hydrogen-bond donors (Lipinski definition) is 1. The molecule has 0 atom stereocenters. The molecule has 0 aliphatic rings. The third-order valence-corrected chi connectivity index (χ3v) is 2.95. The van der Waals surface area contributed by atoms with Crippen LogP contribution in [0.5, 0.6) is 0 Å². The third kappa shape index (κ3) is 4.11. The van der Waals surface area contributed by atoms with E-state index < -0.39 is 5.82 Å². The molecule has 0 aliphatic heterocycles. The Hall–Kier alpha value is -2.24. The molecule has 1 aromatic heterocycles. The molecular weight excluding hydrogens is 274 g/mol. The molecule has 2 aromatic rings. The Labute approximate surface area is 122 Å². The molecule has 1 aromatic carbocycles. The first-order valence-corrected chi connectivity index (χ1v) is 6.82. The maximum atomic E-state index is 13.9. The molecule has 0 amide bonds. The van der Waals surface area contributed by atoms with Crippen LogP contribution in [0.2, 0.25) is 0 Å². The molecule has 2 rings (SSSR count). The van der Waals surface area contributed by atoms with Crippen LogP contribution in [0, 0.1) is 11.6 Å². The number of halogens is 2. The van der Waals surface area contributed by atoms with Gasteiger partial charge in [-0.2, -0.15) is 4.98 Å². The van der Waals surface area contributed by atoms with Crippen molar-refractivity contribution in [2.75, 3.05) is 23.8 Å². The highest BCUT2D eigenvalue weighted by atomic mass is 19.1. The Morgan fingerprint density at radius 1 is 1.19 bits per heavy atom. The summed E-state index contributed by atoms with van der Waals surface area (Å²) in [5.41, 5.74) is 0.875. The van der Waals surface area contributed by atoms with Gasteiger partial charge in [-0.05, 0) is 24.1 Å². The van der Waals surface area contributed by atoms with Gasteiger partial charge in [0.05, 0.1) is 6.20 Å². The molecule has 0 saturated carbocycles. The quantitative estimate of drug-likeness (QED) is 0.887. The molecule has 0 aliphatic carbocycles. The minimum Gasteiger partial charge on any atom is -0.354 e. The summed E-state index contributed by atoms with van der Waals surface area (Å²) in [5.74, 6) is -0.158. The predicted molar refractivity (Wildman–Crippen MR) is 79.3 cm³/mol. The first kappa shape index (κ1) is 15.2. The fraction of sp³-hybridized carbons (Fsp3) is 0.333. The molecule has 21 heavy (non-hydrogen) atoms. The van der Waals surface area contributed by atoms with Crippen molar-refractivity contribution < 1.29 is 8.78 Å². The maximum Gasteiger partial charge on any atom is 0.224 e. The normalized spacial score (nSPS) is 10.5. The highest BCUT2D eigenvalue weighted by molar-refractivity contribution is 5.43. The zero-order valence-electron chi connectivity index (χ0n) is 12.1. The number of hydrogen-bond acceptors (Lipinski definition) is 4. The lowest BCUT2D eigenvalue weighted by Crippen LogP contribution is -2.20. The molecule has 0 bridgehead atoms. The van der Waals surface area contributed by atoms with E-state index in [9.17, 15) is 8.78 Å². The van der Waals surface area contributed by atoms with Crippen molar-refractivity contribution in [1.29, 1.82) is 0 Å². The summed E-state index contributed by atoms with van der Waals surface area (Å²) >= 11 is 0. The fourth-order valence-corrected chi connectivity index (χ4v) is 1.89. The Bertz CT molecular complexity index is 587. The number of nitrogens with zero attached hydrogens (tertiary/aromatic N) is 3. The van der Waals surface area contributed by atoms with E-state index >= 15 is 0 Å². The summed E-state index contributed by atoms with van der Waals surface area (Å²) in [7, 11) is 1.73. The molecule has 0 fully saturated rings. The van der Waals surface area contributed by atoms with E-state index in [1.165, 1.54) is 12.1 Å². The van der Waals surface area contributed by atoms with Crippen LogP contribution in [-0.4, -0.2) is 23.6 Å². The number of anilines is 2. The van der Waals surface area contributed by atoms with Crippen LogP contribution >= 0.6 is 0 Å². The van der Waals surface area contributed by atoms with Crippen LogP contribution in [0.15, 0.2) is 30.5 Å². The van der Waals surface area contributed by atoms with Gasteiger partial charge in [0.1, 0.15) is 5.82 Å². The van der Waals surface area contributed by atoms with Crippen molar-refractivity contribution in [2.24, 2.45) is 0 Å². The van der Waals surface area contributed by atoms with Gasteiger partial charge in [0, 0.05) is 20.1 Å². The summed E-state index contributed by atoms with van der Waals surface area (Å²) in [6.07, 6.45) is 2.09. The Balaban J connectivity index is 2.13. The van der Waals surface area contributed by atoms with Crippen molar-refractivity contribution in [3.63, 3.8) is 0 Å². The van der Waals surface area contributed by atoms with Gasteiger partial charge in [0.2, 0.25) is 5.95 Å². The molecule has 6 heteroatoms. The van der Waals surface area contributed by atoms with Crippen molar-refractivity contribution >= 4 is 11.8 Å². The lowest BCUT2D eigenvalue weighted by molar-refractivity contribution is 0.607. The molecule has 4 nitrogen and oxygen atoms in total. The van der Waals surface area contributed by atoms with E-state index in [1.54, 1.807) is 24.1 Å². The van der Waals surface area contributed by atoms with Gasteiger partial charge < -0.3 is 10.2 Å². The summed E-state index contributed by atoms with van der Waals surface area (Å²) in [6.45, 7) is 3.19. The van der Waals surface area contributed by atoms with Gasteiger partial charge in [-0.15, -0.1) is 0 Å². The van der Waals surface area contributed by atoms with Crippen LogP contribution in [0.3, 0.4) is 0 Å². The first-order chi connectivity index (χ1) is 10.1. The zero-order valence-corrected chi connectivity index (χ0v) is 12.1. The second-order valence-electron chi connectivity index (χ2n) is 4.77. The number of benzene rings is 1. The maximum absolute atomic E-state index is 13.9. The van der Waals surface area contributed by atoms with Crippen LogP contribution in [0.25, 0.3) is 0 Å². The van der Waals surface area contributed by atoms with E-state index in [2.05, 4.69) is 15.3 Å². The van der Waals surface area contributed by atoms with Gasteiger partial charge in [-0.25, -0.2) is 13.8 Å². The minimum atomic E-state index is -0.485. The molecule has 112 valence electrons. The molecule has 0 saturated heterocycles. The molecular formula is C15H18F2N4. The van der Waals surface area contributed by atoms with Crippen molar-refractivity contribution in [2.45, 2.75) is 19.9 Å². The van der Waals surface area contributed by atoms with Gasteiger partial charge in [0.15, 0.2) is 11.6 Å². The van der Waals surface area contributed by atoms with Crippen molar-refractivity contribution in [3.8, 4) is 0 Å². The highest BCUT2D eigenvalue weighted by Crippen LogP contribution is 2.18. The number of aromatic nitrogens is 2. The highest BCUT2D eigenvalue weighted by Gasteiger charge is 2.12. The molecule has 1 heterocycles. The average molecular weight is 292 g/mol. The van der Waals surface area contributed by atoms with E-state index in [0.717, 1.165) is 24.7 Å². The van der Waals surface area contributed by atoms with E-state index in [0.29, 0.717) is 12.5 Å². The summed E-state index contributed by atoms with van der Waals surface area (Å²) in [5, 5.41) is 3.02. The van der Waals surface area contributed by atoms with E-state index in [4.69, 9.17) is 0 Å². The summed E-state index contributed by atoms with van der Waals surface area (Å²) in [6, 6.07) is 6.10. The van der Waals surface area contributed by atoms with Crippen molar-refractivity contribution in [3.05, 3.63) is 47.7 Å². The van der Waals surface area contributed by atoms with Gasteiger partial charge in [-0.3, -0.25) is 0 Å². The lowest BCUT2D eigenvalue weighted by Gasteiger charge is -2.19. The summed E-state index contributed by atoms with van der Waals surface area (Å²) < 4.78 is 26.7. The summed E-state index contributed by atoms with van der Waals surface area (Å²) in [4.78, 5) is 9.75. The Morgan fingerprint density at radius 2 is 1.90 bits per heavy atom. The molecule has 1 N–H and O–H groups in total. The van der Waals surface area contributed by atoms with Crippen LogP contribution in [0.1, 0.15) is 18.9 Å². The monoisotopic (exact) mass is 292 g/mol. The van der Waals surface area contributed by atoms with E-state index in [-0.39, 0.29) is 11.6 Å². The Kier molecular flexibility index (Phi) is 5.03. The largest absolute Gasteiger partial charge is 0.354 e. The topological polar surface area (TPSA) is 41.1 Å². The number of nitrogens with one attached hydrogen (secondary N) is 1. The lowest BCUT2D eigenvalue weighted by atomic mass is 10.2. The second-order valence-corrected chi connectivity index (χ2v) is 4.77. The zero-order chi connectivity index (χ0) is 15.2. The smallest absolute Gasteiger partial charge is 0.224 e. The fourth-order valence-electron chi connectivity index (χ4n) is 1.89. The van der Waals surface area contributed by atoms with Crippen LogP contribution < -0.4 is 10.2 Å². The minimum absolute atomic E-state index is 0.216.